The first-order valence-corrected chi connectivity index (χ1v) is 12.9. The van der Waals surface area contributed by atoms with Crippen molar-refractivity contribution < 1.29 is 18.0 Å². The Kier molecular flexibility index (Phi) is 7.21. The van der Waals surface area contributed by atoms with E-state index in [-0.39, 0.29) is 23.1 Å². The number of carbonyl (C=O) groups excluding carboxylic acids is 1. The highest BCUT2D eigenvalue weighted by Crippen LogP contribution is 2.36. The van der Waals surface area contributed by atoms with Crippen molar-refractivity contribution in [2.24, 2.45) is 0 Å². The molecule has 3 aromatic rings. The minimum absolute atomic E-state index is 0.00764. The van der Waals surface area contributed by atoms with Crippen LogP contribution in [0.5, 0.6) is 0 Å². The topological polar surface area (TPSA) is 79.2 Å². The number of anilines is 1. The summed E-state index contributed by atoms with van der Waals surface area (Å²) < 4.78 is 42.7. The number of fused-ring (bicyclic) bond motifs is 1. The zero-order valence-corrected chi connectivity index (χ0v) is 21.6. The number of amides is 1. The number of piperazine rings is 1. The van der Waals surface area contributed by atoms with Crippen LogP contribution < -0.4 is 10.2 Å². The molecule has 198 valence electrons. The number of aromatic nitrogens is 4. The first kappa shape index (κ1) is 26.0. The Balaban J connectivity index is 1.43. The van der Waals surface area contributed by atoms with Crippen molar-refractivity contribution in [2.45, 2.75) is 44.4 Å². The number of rotatable bonds is 4. The molecule has 2 saturated heterocycles. The smallest absolute Gasteiger partial charge is 0.352 e. The van der Waals surface area contributed by atoms with Crippen LogP contribution in [0, 0.1) is 0 Å². The van der Waals surface area contributed by atoms with Crippen LogP contribution >= 0.6 is 23.2 Å². The second-order valence-electron chi connectivity index (χ2n) is 9.35. The molecule has 1 N–H and O–H groups in total. The van der Waals surface area contributed by atoms with Crippen molar-refractivity contribution >= 4 is 46.1 Å². The average molecular weight is 556 g/mol. The highest BCUT2D eigenvalue weighted by atomic mass is 35.5. The molecule has 4 heterocycles. The zero-order valence-electron chi connectivity index (χ0n) is 20.1. The summed E-state index contributed by atoms with van der Waals surface area (Å²) in [6, 6.07) is 4.01. The summed E-state index contributed by atoms with van der Waals surface area (Å²) in [6.45, 7) is 4.54. The number of nitrogens with zero attached hydrogens (tertiary/aromatic N) is 6. The van der Waals surface area contributed by atoms with E-state index < -0.39 is 17.9 Å². The highest BCUT2D eigenvalue weighted by molar-refractivity contribution is 6.35. The molecule has 2 aromatic heterocycles. The Morgan fingerprint density at radius 3 is 2.57 bits per heavy atom. The van der Waals surface area contributed by atoms with E-state index in [0.717, 1.165) is 25.8 Å². The molecule has 0 radical (unpaired) electrons. The molecule has 2 aliphatic rings. The first-order chi connectivity index (χ1) is 17.6. The van der Waals surface area contributed by atoms with E-state index >= 15 is 0 Å². The van der Waals surface area contributed by atoms with Gasteiger partial charge in [-0.1, -0.05) is 35.7 Å². The number of halogens is 5. The van der Waals surface area contributed by atoms with Gasteiger partial charge in [-0.05, 0) is 44.0 Å². The zero-order chi connectivity index (χ0) is 26.3. The average Bonchev–Trinajstić information content (AvgIpc) is 3.28. The van der Waals surface area contributed by atoms with Crippen molar-refractivity contribution in [3.05, 3.63) is 45.7 Å². The summed E-state index contributed by atoms with van der Waals surface area (Å²) in [5.74, 6) is 0.530. The van der Waals surface area contributed by atoms with Gasteiger partial charge in [-0.25, -0.2) is 14.6 Å². The molecule has 2 atom stereocenters. The number of carbonyl (C=O) groups is 1. The van der Waals surface area contributed by atoms with E-state index in [1.54, 1.807) is 19.1 Å². The molecular weight excluding hydrogens is 530 g/mol. The predicted molar refractivity (Wildman–Crippen MR) is 135 cm³/mol. The Morgan fingerprint density at radius 1 is 1.16 bits per heavy atom. The number of nitrogens with one attached hydrogen (secondary N) is 1. The Bertz CT molecular complexity index is 1300. The fourth-order valence-corrected chi connectivity index (χ4v) is 5.49. The molecule has 37 heavy (non-hydrogen) atoms. The molecule has 1 amide bonds. The van der Waals surface area contributed by atoms with E-state index in [9.17, 15) is 18.0 Å². The maximum Gasteiger partial charge on any atom is 0.437 e. The number of hydrogen-bond acceptors (Lipinski definition) is 6. The van der Waals surface area contributed by atoms with Crippen molar-refractivity contribution in [1.82, 2.24) is 30.0 Å². The fraction of sp³-hybridized carbons (Fsp3) is 0.500. The third-order valence-electron chi connectivity index (χ3n) is 6.96. The molecule has 2 fully saturated rings. The lowest BCUT2D eigenvalue weighted by Crippen LogP contribution is -2.55. The summed E-state index contributed by atoms with van der Waals surface area (Å²) >= 11 is 12.3. The molecule has 0 spiro atoms. The number of hydrogen-bond donors (Lipinski definition) is 1. The summed E-state index contributed by atoms with van der Waals surface area (Å²) in [4.78, 5) is 25.3. The van der Waals surface area contributed by atoms with Crippen LogP contribution in [0.25, 0.3) is 11.2 Å². The largest absolute Gasteiger partial charge is 0.437 e. The van der Waals surface area contributed by atoms with Crippen molar-refractivity contribution in [1.29, 1.82) is 0 Å². The summed E-state index contributed by atoms with van der Waals surface area (Å²) in [5, 5.41) is 7.89. The number of piperidine rings is 1. The van der Waals surface area contributed by atoms with Crippen molar-refractivity contribution in [3.8, 4) is 0 Å². The number of alkyl halides is 3. The molecule has 2 aliphatic heterocycles. The van der Waals surface area contributed by atoms with Gasteiger partial charge in [0.25, 0.3) is 0 Å². The molecule has 0 unspecified atom stereocenters. The van der Waals surface area contributed by atoms with E-state index in [4.69, 9.17) is 23.2 Å². The van der Waals surface area contributed by atoms with Crippen LogP contribution in [0.4, 0.5) is 19.0 Å². The van der Waals surface area contributed by atoms with Crippen molar-refractivity contribution in [2.75, 3.05) is 37.6 Å². The quantitative estimate of drug-likeness (QED) is 0.508. The van der Waals surface area contributed by atoms with E-state index in [1.165, 1.54) is 16.9 Å². The van der Waals surface area contributed by atoms with Gasteiger partial charge in [0.05, 0.1) is 18.3 Å². The maximum atomic E-state index is 13.8. The van der Waals surface area contributed by atoms with Gasteiger partial charge in [0.2, 0.25) is 5.91 Å². The minimum Gasteiger partial charge on any atom is -0.352 e. The van der Waals surface area contributed by atoms with Crippen LogP contribution in [0.3, 0.4) is 0 Å². The van der Waals surface area contributed by atoms with Crippen LogP contribution in [0.15, 0.2) is 24.4 Å². The molecular formula is C24H26Cl2F3N7O. The van der Waals surface area contributed by atoms with Gasteiger partial charge >= 0.3 is 6.18 Å². The maximum absolute atomic E-state index is 13.8. The molecule has 0 bridgehead atoms. The van der Waals surface area contributed by atoms with Crippen LogP contribution in [-0.4, -0.2) is 69.3 Å². The van der Waals surface area contributed by atoms with Gasteiger partial charge in [-0.2, -0.15) is 18.3 Å². The van der Waals surface area contributed by atoms with Crippen LogP contribution in [0.1, 0.15) is 43.5 Å². The van der Waals surface area contributed by atoms with Gasteiger partial charge in [0.1, 0.15) is 11.3 Å². The van der Waals surface area contributed by atoms with Crippen molar-refractivity contribution in [3.63, 3.8) is 0 Å². The SMILES string of the molecule is C[C@H](c1ccc(Cl)cc1Cl)n1nc(C(F)(F)F)c2ncc(N3CCN(C(=O)[C@H]4CCCCN4)CC3)nc21. The van der Waals surface area contributed by atoms with Gasteiger partial charge < -0.3 is 15.1 Å². The second kappa shape index (κ2) is 10.3. The Labute approximate surface area is 221 Å². The molecule has 8 nitrogen and oxygen atoms in total. The highest BCUT2D eigenvalue weighted by Gasteiger charge is 2.39. The Morgan fingerprint density at radius 2 is 1.92 bits per heavy atom. The normalized spacial score (nSPS) is 19.9. The van der Waals surface area contributed by atoms with E-state index in [1.807, 2.05) is 9.80 Å². The van der Waals surface area contributed by atoms with Crippen LogP contribution in [0.2, 0.25) is 10.0 Å². The van der Waals surface area contributed by atoms with E-state index in [0.29, 0.717) is 47.6 Å². The summed E-state index contributed by atoms with van der Waals surface area (Å²) in [7, 11) is 0. The fourth-order valence-electron chi connectivity index (χ4n) is 4.92. The predicted octanol–water partition coefficient (Wildman–Crippen LogP) is 4.55. The molecule has 0 saturated carbocycles. The van der Waals surface area contributed by atoms with Gasteiger partial charge in [0.15, 0.2) is 11.3 Å². The molecule has 1 aromatic carbocycles. The Hall–Kier alpha value is -2.63. The summed E-state index contributed by atoms with van der Waals surface area (Å²) in [6.07, 6.45) is -0.422. The second-order valence-corrected chi connectivity index (χ2v) is 10.2. The number of benzene rings is 1. The first-order valence-electron chi connectivity index (χ1n) is 12.2. The lowest BCUT2D eigenvalue weighted by molar-refractivity contribution is -0.140. The van der Waals surface area contributed by atoms with Gasteiger partial charge in [0, 0.05) is 36.2 Å². The monoisotopic (exact) mass is 555 g/mol. The van der Waals surface area contributed by atoms with E-state index in [2.05, 4.69) is 20.4 Å². The lowest BCUT2D eigenvalue weighted by Gasteiger charge is -2.37. The standard InChI is InChI=1S/C24H26Cl2F3N7O/c1-14(16-6-5-15(25)12-17(16)26)36-22-20(21(33-36)24(27,28)29)31-13-19(32-22)34-8-10-35(11-9-34)23(37)18-4-2-3-7-30-18/h5-6,12-14,18,30H,2-4,7-11H2,1H3/t14-,18-/m1/s1. The van der Waals surface area contributed by atoms with Gasteiger partial charge in [-0.15, -0.1) is 0 Å². The molecule has 0 aliphatic carbocycles. The van der Waals surface area contributed by atoms with Crippen LogP contribution in [-0.2, 0) is 11.0 Å². The lowest BCUT2D eigenvalue weighted by atomic mass is 10.0. The third-order valence-corrected chi connectivity index (χ3v) is 7.52. The molecule has 5 rings (SSSR count). The minimum atomic E-state index is -4.71. The summed E-state index contributed by atoms with van der Waals surface area (Å²) in [5.41, 5.74) is -0.868. The third kappa shape index (κ3) is 5.21. The molecule has 13 heteroatoms. The van der Waals surface area contributed by atoms with Gasteiger partial charge in [-0.3, -0.25) is 4.79 Å².